The largest absolute Gasteiger partial charge is 0.497 e. The fourth-order valence-corrected chi connectivity index (χ4v) is 5.48. The Balaban J connectivity index is 1.32. The molecular formula is C34H39N5O4. The van der Waals surface area contributed by atoms with Crippen LogP contribution in [-0.4, -0.2) is 53.1 Å². The van der Waals surface area contributed by atoms with Crippen molar-refractivity contribution in [3.63, 3.8) is 0 Å². The third kappa shape index (κ3) is 7.06. The molecule has 0 fully saturated rings. The number of hydroxylamine groups is 2. The maximum atomic E-state index is 13.5. The molecule has 0 saturated carbocycles. The molecule has 9 nitrogen and oxygen atoms in total. The Bertz CT molecular complexity index is 1720. The second-order valence-electron chi connectivity index (χ2n) is 10.9. The number of unbranched alkanes of at least 4 members (excludes halogenated alkanes) is 2. The molecule has 224 valence electrons. The number of amides is 2. The van der Waals surface area contributed by atoms with E-state index in [1.807, 2.05) is 43.5 Å². The molecule has 5 aromatic rings. The second kappa shape index (κ2) is 13.6. The van der Waals surface area contributed by atoms with E-state index in [0.717, 1.165) is 63.8 Å². The Morgan fingerprint density at radius 1 is 0.977 bits per heavy atom. The number of hydrogen-bond donors (Lipinski definition) is 3. The summed E-state index contributed by atoms with van der Waals surface area (Å²) < 4.78 is 5.42. The lowest BCUT2D eigenvalue weighted by atomic mass is 10.0. The van der Waals surface area contributed by atoms with Gasteiger partial charge in [0.25, 0.3) is 0 Å². The topological polar surface area (TPSA) is 112 Å². The Kier molecular flexibility index (Phi) is 9.41. The first-order valence-electron chi connectivity index (χ1n) is 14.7. The van der Waals surface area contributed by atoms with E-state index in [1.165, 1.54) is 17.6 Å². The molecule has 9 heteroatoms. The number of ether oxygens (including phenoxy) is 1. The van der Waals surface area contributed by atoms with Crippen LogP contribution in [0.15, 0.2) is 66.9 Å². The average molecular weight is 582 g/mol. The summed E-state index contributed by atoms with van der Waals surface area (Å²) in [5.41, 5.74) is 4.80. The summed E-state index contributed by atoms with van der Waals surface area (Å²) in [5.74, 6) is 1.32. The fourth-order valence-electron chi connectivity index (χ4n) is 5.48. The number of fused-ring (bicyclic) bond motifs is 2. The third-order valence-electron chi connectivity index (χ3n) is 7.99. The summed E-state index contributed by atoms with van der Waals surface area (Å²) in [4.78, 5) is 42.1. The highest BCUT2D eigenvalue weighted by atomic mass is 16.7. The van der Waals surface area contributed by atoms with Gasteiger partial charge in [-0.15, -0.1) is 0 Å². The summed E-state index contributed by atoms with van der Waals surface area (Å²) in [6, 6.07) is 20.1. The first-order valence-corrected chi connectivity index (χ1v) is 14.7. The number of H-pyrrole nitrogens is 2. The minimum absolute atomic E-state index is 0.0517. The van der Waals surface area contributed by atoms with E-state index in [2.05, 4.69) is 45.6 Å². The maximum Gasteiger partial charge on any atom is 0.245 e. The number of aromatic amines is 2. The lowest BCUT2D eigenvalue weighted by Gasteiger charge is -2.17. The summed E-state index contributed by atoms with van der Waals surface area (Å²) >= 11 is 0. The van der Waals surface area contributed by atoms with Gasteiger partial charge in [0.1, 0.15) is 11.6 Å². The first-order chi connectivity index (χ1) is 20.9. The monoisotopic (exact) mass is 581 g/mol. The zero-order valence-corrected chi connectivity index (χ0v) is 25.2. The molecule has 1 atom stereocenters. The second-order valence-corrected chi connectivity index (χ2v) is 10.9. The first kappa shape index (κ1) is 29.8. The molecule has 43 heavy (non-hydrogen) atoms. The van der Waals surface area contributed by atoms with E-state index < -0.39 is 0 Å². The van der Waals surface area contributed by atoms with Gasteiger partial charge in [-0.3, -0.25) is 14.4 Å². The van der Waals surface area contributed by atoms with Crippen LogP contribution in [0.4, 0.5) is 0 Å². The number of carbonyl (C=O) groups is 2. The number of rotatable bonds is 13. The number of methoxy groups -OCH3 is 1. The van der Waals surface area contributed by atoms with Gasteiger partial charge >= 0.3 is 0 Å². The number of hydrogen-bond acceptors (Lipinski definition) is 5. The number of aryl methyl sites for hydroxylation is 1. The molecule has 0 aliphatic heterocycles. The maximum absolute atomic E-state index is 13.5. The molecule has 2 amide bonds. The lowest BCUT2D eigenvalue weighted by molar-refractivity contribution is -0.168. The fraction of sp³-hybridized carbons (Fsp3) is 0.324. The zero-order valence-electron chi connectivity index (χ0n) is 25.2. The highest BCUT2D eigenvalue weighted by Gasteiger charge is 2.21. The van der Waals surface area contributed by atoms with Crippen molar-refractivity contribution in [3.05, 3.63) is 83.9 Å². The molecule has 2 aromatic heterocycles. The van der Waals surface area contributed by atoms with Gasteiger partial charge in [0.05, 0.1) is 38.6 Å². The van der Waals surface area contributed by atoms with E-state index in [9.17, 15) is 9.59 Å². The van der Waals surface area contributed by atoms with Crippen molar-refractivity contribution in [1.82, 2.24) is 25.3 Å². The molecule has 0 radical (unpaired) electrons. The van der Waals surface area contributed by atoms with Gasteiger partial charge in [-0.1, -0.05) is 49.2 Å². The van der Waals surface area contributed by atoms with Crippen molar-refractivity contribution in [2.75, 3.05) is 21.3 Å². The number of nitrogens with zero attached hydrogens (tertiary/aromatic N) is 2. The van der Waals surface area contributed by atoms with Crippen LogP contribution in [0.5, 0.6) is 5.75 Å². The lowest BCUT2D eigenvalue weighted by Crippen LogP contribution is -2.30. The summed E-state index contributed by atoms with van der Waals surface area (Å²) in [6.07, 6.45) is 5.56. The van der Waals surface area contributed by atoms with Crippen LogP contribution in [0.25, 0.3) is 32.9 Å². The molecule has 0 aliphatic rings. The van der Waals surface area contributed by atoms with E-state index in [-0.39, 0.29) is 24.3 Å². The van der Waals surface area contributed by atoms with Gasteiger partial charge in [0.2, 0.25) is 11.8 Å². The molecule has 0 unspecified atom stereocenters. The minimum Gasteiger partial charge on any atom is -0.497 e. The van der Waals surface area contributed by atoms with Crippen LogP contribution in [0, 0.1) is 6.92 Å². The number of aromatic nitrogens is 3. The predicted molar refractivity (Wildman–Crippen MR) is 169 cm³/mol. The van der Waals surface area contributed by atoms with Gasteiger partial charge in [-0.05, 0) is 60.4 Å². The number of nitrogens with one attached hydrogen (secondary N) is 3. The standard InChI is InChI=1S/C34H39N5O4/c1-22-27(28-19-26(42-3)16-17-29(28)36-22)20-32(40)37-30(12-6-5-7-13-33(41)39(2)43-4)34-35-21-31(38-34)25-15-14-23-10-8-9-11-24(23)18-25/h8-11,14-19,21,30,36H,5-7,12-13,20H2,1-4H3,(H,35,38)(H,37,40)/t30-/m0/s1. The number of imidazole rings is 1. The van der Waals surface area contributed by atoms with E-state index in [0.29, 0.717) is 18.7 Å². The molecule has 2 heterocycles. The van der Waals surface area contributed by atoms with Crippen molar-refractivity contribution in [1.29, 1.82) is 0 Å². The minimum atomic E-state index is -0.306. The van der Waals surface area contributed by atoms with E-state index in [4.69, 9.17) is 14.6 Å². The molecule has 0 bridgehead atoms. The number of carbonyl (C=O) groups excluding carboxylic acids is 2. The predicted octanol–water partition coefficient (Wildman–Crippen LogP) is 6.40. The van der Waals surface area contributed by atoms with Crippen molar-refractivity contribution >= 4 is 33.5 Å². The summed E-state index contributed by atoms with van der Waals surface area (Å²) in [6.45, 7) is 1.98. The van der Waals surface area contributed by atoms with Crippen LogP contribution < -0.4 is 10.1 Å². The van der Waals surface area contributed by atoms with Crippen LogP contribution in [-0.2, 0) is 20.8 Å². The van der Waals surface area contributed by atoms with Gasteiger partial charge in [0.15, 0.2) is 0 Å². The molecule has 0 saturated heterocycles. The van der Waals surface area contributed by atoms with Crippen LogP contribution in [0.1, 0.15) is 55.2 Å². The van der Waals surface area contributed by atoms with Crippen LogP contribution in [0.2, 0.25) is 0 Å². The Labute approximate surface area is 251 Å². The highest BCUT2D eigenvalue weighted by Crippen LogP contribution is 2.28. The van der Waals surface area contributed by atoms with Crippen LogP contribution >= 0.6 is 0 Å². The number of benzene rings is 3. The van der Waals surface area contributed by atoms with Crippen LogP contribution in [0.3, 0.4) is 0 Å². The normalized spacial score (nSPS) is 12.0. The van der Waals surface area contributed by atoms with Gasteiger partial charge in [-0.2, -0.15) is 0 Å². The molecule has 5 rings (SSSR count). The Hall–Kier alpha value is -4.63. The van der Waals surface area contributed by atoms with Crippen molar-refractivity contribution in [2.24, 2.45) is 0 Å². The van der Waals surface area contributed by atoms with Crippen molar-refractivity contribution in [2.45, 2.75) is 51.5 Å². The molecule has 3 N–H and O–H groups in total. The quantitative estimate of drug-likeness (QED) is 0.110. The molecule has 3 aromatic carbocycles. The van der Waals surface area contributed by atoms with E-state index >= 15 is 0 Å². The summed E-state index contributed by atoms with van der Waals surface area (Å²) in [5, 5.41) is 7.80. The van der Waals surface area contributed by atoms with Gasteiger partial charge < -0.3 is 20.0 Å². The third-order valence-corrected chi connectivity index (χ3v) is 7.99. The summed E-state index contributed by atoms with van der Waals surface area (Å²) in [7, 11) is 4.73. The highest BCUT2D eigenvalue weighted by molar-refractivity contribution is 5.91. The Morgan fingerprint density at radius 2 is 1.79 bits per heavy atom. The smallest absolute Gasteiger partial charge is 0.245 e. The molecular weight excluding hydrogens is 542 g/mol. The van der Waals surface area contributed by atoms with Crippen molar-refractivity contribution < 1.29 is 19.2 Å². The molecule has 0 spiro atoms. The average Bonchev–Trinajstić information content (AvgIpc) is 3.64. The SMILES string of the molecule is COc1ccc2[nH]c(C)c(CC(=O)N[C@@H](CCCCCC(=O)N(C)OC)c3ncc(-c4ccc5ccccc5c4)[nH]3)c2c1. The molecule has 0 aliphatic carbocycles. The van der Waals surface area contributed by atoms with Gasteiger partial charge in [-0.25, -0.2) is 10.0 Å². The van der Waals surface area contributed by atoms with Gasteiger partial charge in [0, 0.05) is 35.6 Å². The van der Waals surface area contributed by atoms with E-state index in [1.54, 1.807) is 14.2 Å². The zero-order chi connectivity index (χ0) is 30.3. The van der Waals surface area contributed by atoms with Crippen molar-refractivity contribution in [3.8, 4) is 17.0 Å². The Morgan fingerprint density at radius 3 is 2.58 bits per heavy atom.